The van der Waals surface area contributed by atoms with Gasteiger partial charge in [-0.1, -0.05) is 43.7 Å². The summed E-state index contributed by atoms with van der Waals surface area (Å²) < 4.78 is 1.80. The van der Waals surface area contributed by atoms with Crippen LogP contribution in [0.25, 0.3) is 0 Å². The second-order valence-corrected chi connectivity index (χ2v) is 6.20. The minimum Gasteiger partial charge on any atom is -0.494 e. The molecule has 0 amide bonds. The maximum Gasteiger partial charge on any atom is 0.264 e. The monoisotopic (exact) mass is 344 g/mol. The van der Waals surface area contributed by atoms with Gasteiger partial charge in [0.05, 0.1) is 11.8 Å². The lowest BCUT2D eigenvalue weighted by Gasteiger charge is -2.12. The van der Waals surface area contributed by atoms with Crippen LogP contribution >= 0.6 is 12.2 Å². The third kappa shape index (κ3) is 3.12. The van der Waals surface area contributed by atoms with Gasteiger partial charge < -0.3 is 10.5 Å². The van der Waals surface area contributed by atoms with Crippen LogP contribution in [0.2, 0.25) is 0 Å². The number of unbranched alkanes of at least 4 members (excludes halogenated alkanes) is 1. The molecule has 2 aromatic rings. The molecule has 126 valence electrons. The molecule has 1 atom stereocenters. The Balaban J connectivity index is 1.93. The Labute approximate surface area is 144 Å². The number of benzene rings is 1. The van der Waals surface area contributed by atoms with Crippen LogP contribution in [-0.2, 0) is 6.54 Å². The largest absolute Gasteiger partial charge is 0.494 e. The molecule has 1 aliphatic rings. The lowest BCUT2D eigenvalue weighted by molar-refractivity contribution is 0.398. The summed E-state index contributed by atoms with van der Waals surface area (Å²) in [7, 11) is 0. The first-order valence-electron chi connectivity index (χ1n) is 8.05. The molecule has 7 heteroatoms. The Kier molecular flexibility index (Phi) is 4.80. The molecular formula is C17H20N4O2S. The number of hydrazone groups is 1. The summed E-state index contributed by atoms with van der Waals surface area (Å²) >= 11 is 5.17. The van der Waals surface area contributed by atoms with Gasteiger partial charge in [0.2, 0.25) is 5.88 Å². The maximum absolute atomic E-state index is 12.3. The predicted molar refractivity (Wildman–Crippen MR) is 95.9 cm³/mol. The fourth-order valence-electron chi connectivity index (χ4n) is 2.82. The van der Waals surface area contributed by atoms with Crippen LogP contribution in [0.3, 0.4) is 0 Å². The maximum atomic E-state index is 12.3. The van der Waals surface area contributed by atoms with Gasteiger partial charge in [0, 0.05) is 13.0 Å². The van der Waals surface area contributed by atoms with E-state index >= 15 is 0 Å². The number of H-pyrrole nitrogens is 1. The zero-order valence-electron chi connectivity index (χ0n) is 13.5. The number of hydrogen-bond acceptors (Lipinski definition) is 5. The number of rotatable bonds is 5. The molecule has 0 spiro atoms. The van der Waals surface area contributed by atoms with Crippen molar-refractivity contribution in [3.63, 3.8) is 0 Å². The van der Waals surface area contributed by atoms with Crippen LogP contribution in [0.5, 0.6) is 5.88 Å². The van der Waals surface area contributed by atoms with E-state index in [9.17, 15) is 9.90 Å². The number of nitrogens with zero attached hydrogens (tertiary/aromatic N) is 2. The number of aromatic nitrogens is 2. The normalized spacial score (nSPS) is 16.7. The standard InChI is InChI=1S/C17H20N4O2S/c1-2-3-9-21-16(23)14(15(22)18-17(21)24)13-10-12(19-20-13)11-7-5-4-6-8-11/h4-8,12,19,23H,2-3,9-10H2,1H3,(H,18,22,24). The summed E-state index contributed by atoms with van der Waals surface area (Å²) in [6.07, 6.45) is 2.37. The SMILES string of the molecule is CCCCn1c(O)c(C2=NNC(c3ccccc3)C2)c(=O)[nH]c1=S. The van der Waals surface area contributed by atoms with E-state index in [-0.39, 0.29) is 22.3 Å². The second kappa shape index (κ2) is 7.00. The van der Waals surface area contributed by atoms with E-state index in [2.05, 4.69) is 22.4 Å². The molecule has 6 nitrogen and oxygen atoms in total. The Morgan fingerprint density at radius 3 is 2.83 bits per heavy atom. The van der Waals surface area contributed by atoms with E-state index in [1.165, 1.54) is 0 Å². The fourth-order valence-corrected chi connectivity index (χ4v) is 3.09. The lowest BCUT2D eigenvalue weighted by Crippen LogP contribution is -2.22. The Hall–Kier alpha value is -2.41. The van der Waals surface area contributed by atoms with Gasteiger partial charge >= 0.3 is 0 Å². The van der Waals surface area contributed by atoms with Gasteiger partial charge in [-0.25, -0.2) is 0 Å². The lowest BCUT2D eigenvalue weighted by atomic mass is 10.0. The van der Waals surface area contributed by atoms with Crippen molar-refractivity contribution in [1.29, 1.82) is 0 Å². The van der Waals surface area contributed by atoms with E-state index in [1.807, 2.05) is 30.3 Å². The zero-order chi connectivity index (χ0) is 17.1. The van der Waals surface area contributed by atoms with Gasteiger partial charge in [-0.05, 0) is 24.2 Å². The summed E-state index contributed by atoms with van der Waals surface area (Å²) in [6, 6.07) is 9.89. The van der Waals surface area contributed by atoms with Gasteiger partial charge in [-0.2, -0.15) is 5.10 Å². The van der Waals surface area contributed by atoms with Gasteiger partial charge in [0.25, 0.3) is 5.56 Å². The first kappa shape index (κ1) is 16.4. The average Bonchev–Trinajstić information content (AvgIpc) is 3.05. The van der Waals surface area contributed by atoms with Crippen LogP contribution < -0.4 is 11.0 Å². The quantitative estimate of drug-likeness (QED) is 0.729. The molecule has 1 aromatic heterocycles. The third-order valence-electron chi connectivity index (χ3n) is 4.15. The molecule has 0 bridgehead atoms. The average molecular weight is 344 g/mol. The zero-order valence-corrected chi connectivity index (χ0v) is 14.3. The first-order chi connectivity index (χ1) is 11.6. The van der Waals surface area contributed by atoms with Gasteiger partial charge in [0.1, 0.15) is 5.56 Å². The number of hydrogen-bond donors (Lipinski definition) is 3. The Morgan fingerprint density at radius 2 is 2.12 bits per heavy atom. The Morgan fingerprint density at radius 1 is 1.38 bits per heavy atom. The van der Waals surface area contributed by atoms with Crippen molar-refractivity contribution in [2.24, 2.45) is 5.10 Å². The van der Waals surface area contributed by atoms with Gasteiger partial charge in [0.15, 0.2) is 4.77 Å². The molecule has 3 rings (SSSR count). The third-order valence-corrected chi connectivity index (χ3v) is 4.47. The molecule has 1 aliphatic heterocycles. The molecule has 0 saturated heterocycles. The van der Waals surface area contributed by atoms with Crippen molar-refractivity contribution < 1.29 is 5.11 Å². The number of aromatic hydroxyl groups is 1. The molecule has 2 heterocycles. The van der Waals surface area contributed by atoms with Crippen LogP contribution in [0, 0.1) is 4.77 Å². The Bertz CT molecular complexity index is 870. The second-order valence-electron chi connectivity index (χ2n) is 5.82. The molecule has 1 unspecified atom stereocenters. The van der Waals surface area contributed by atoms with Crippen molar-refractivity contribution in [3.05, 3.63) is 56.6 Å². The molecule has 0 radical (unpaired) electrons. The van der Waals surface area contributed by atoms with Crippen molar-refractivity contribution in [3.8, 4) is 5.88 Å². The van der Waals surface area contributed by atoms with Crippen LogP contribution in [0.4, 0.5) is 0 Å². The summed E-state index contributed by atoms with van der Waals surface area (Å²) in [5, 5.41) is 14.8. The summed E-state index contributed by atoms with van der Waals surface area (Å²) in [4.78, 5) is 15.0. The topological polar surface area (TPSA) is 82.4 Å². The summed E-state index contributed by atoms with van der Waals surface area (Å²) in [6.45, 7) is 2.62. The van der Waals surface area contributed by atoms with E-state index in [0.717, 1.165) is 18.4 Å². The summed E-state index contributed by atoms with van der Waals surface area (Å²) in [5.41, 5.74) is 4.47. The van der Waals surface area contributed by atoms with Gasteiger partial charge in [-0.3, -0.25) is 14.3 Å². The van der Waals surface area contributed by atoms with E-state index in [0.29, 0.717) is 18.7 Å². The predicted octanol–water partition coefficient (Wildman–Crippen LogP) is 2.85. The molecule has 3 N–H and O–H groups in total. The smallest absolute Gasteiger partial charge is 0.264 e. The minimum atomic E-state index is -0.403. The van der Waals surface area contributed by atoms with Crippen molar-refractivity contribution in [2.75, 3.05) is 0 Å². The fraction of sp³-hybridized carbons (Fsp3) is 0.353. The van der Waals surface area contributed by atoms with Crippen LogP contribution in [-0.4, -0.2) is 20.4 Å². The minimum absolute atomic E-state index is 0.00716. The van der Waals surface area contributed by atoms with E-state index in [4.69, 9.17) is 12.2 Å². The highest BCUT2D eigenvalue weighted by Crippen LogP contribution is 2.26. The molecule has 0 aliphatic carbocycles. The highest BCUT2D eigenvalue weighted by atomic mass is 32.1. The van der Waals surface area contributed by atoms with E-state index in [1.54, 1.807) is 4.57 Å². The van der Waals surface area contributed by atoms with Crippen molar-refractivity contribution in [1.82, 2.24) is 15.0 Å². The van der Waals surface area contributed by atoms with Crippen molar-refractivity contribution in [2.45, 2.75) is 38.8 Å². The number of aromatic amines is 1. The van der Waals surface area contributed by atoms with Crippen LogP contribution in [0.15, 0.2) is 40.2 Å². The van der Waals surface area contributed by atoms with Gasteiger partial charge in [-0.15, -0.1) is 0 Å². The first-order valence-corrected chi connectivity index (χ1v) is 8.46. The number of nitrogens with one attached hydrogen (secondary N) is 2. The molecule has 24 heavy (non-hydrogen) atoms. The highest BCUT2D eigenvalue weighted by Gasteiger charge is 2.26. The van der Waals surface area contributed by atoms with Crippen molar-refractivity contribution >= 4 is 17.9 Å². The molecular weight excluding hydrogens is 324 g/mol. The van der Waals surface area contributed by atoms with E-state index < -0.39 is 5.56 Å². The molecule has 0 fully saturated rings. The van der Waals surface area contributed by atoms with Crippen LogP contribution in [0.1, 0.15) is 43.4 Å². The summed E-state index contributed by atoms with van der Waals surface area (Å²) in [5.74, 6) is -0.105. The molecule has 1 aromatic carbocycles. The molecule has 0 saturated carbocycles. The highest BCUT2D eigenvalue weighted by molar-refractivity contribution is 7.71.